The van der Waals surface area contributed by atoms with Crippen molar-refractivity contribution in [1.82, 2.24) is 9.97 Å². The average Bonchev–Trinajstić information content (AvgIpc) is 3.22. The first-order valence-electron chi connectivity index (χ1n) is 9.95. The van der Waals surface area contributed by atoms with Gasteiger partial charge in [0.2, 0.25) is 12.4 Å². The number of rotatable bonds is 5. The van der Waals surface area contributed by atoms with E-state index in [9.17, 15) is 18.4 Å². The lowest BCUT2D eigenvalue weighted by Crippen LogP contribution is -2.29. The molecular weight excluding hydrogens is 412 g/mol. The Kier molecular flexibility index (Phi) is 5.75. The van der Waals surface area contributed by atoms with Crippen molar-refractivity contribution in [2.24, 2.45) is 0 Å². The molecule has 31 heavy (non-hydrogen) atoms. The van der Waals surface area contributed by atoms with Crippen molar-refractivity contribution in [3.8, 4) is 0 Å². The molecule has 3 heterocycles. The number of benzene rings is 1. The van der Waals surface area contributed by atoms with E-state index in [0.29, 0.717) is 31.4 Å². The van der Waals surface area contributed by atoms with Crippen LogP contribution in [0.3, 0.4) is 0 Å². The molecule has 1 aromatic carbocycles. The summed E-state index contributed by atoms with van der Waals surface area (Å²) in [4.78, 5) is 10.0. The molecule has 1 N–H and O–H groups in total. The van der Waals surface area contributed by atoms with E-state index in [1.54, 1.807) is 17.2 Å². The molecule has 1 aliphatic heterocycles. The first kappa shape index (κ1) is 21.0. The van der Waals surface area contributed by atoms with Gasteiger partial charge in [-0.3, -0.25) is 5.21 Å². The molecule has 3 aromatic rings. The molecule has 0 aliphatic carbocycles. The van der Waals surface area contributed by atoms with Crippen LogP contribution in [0.4, 0.5) is 23.4 Å². The van der Waals surface area contributed by atoms with E-state index < -0.39 is 17.6 Å². The quantitative estimate of drug-likeness (QED) is 0.371. The molecule has 0 saturated carbocycles. The zero-order valence-corrected chi connectivity index (χ0v) is 16.6. The van der Waals surface area contributed by atoms with Gasteiger partial charge in [-0.25, -0.2) is 14.4 Å². The topological polar surface area (TPSA) is 53.1 Å². The maximum Gasteiger partial charge on any atom is 0.416 e. The van der Waals surface area contributed by atoms with Crippen LogP contribution < -0.4 is 9.63 Å². The van der Waals surface area contributed by atoms with Crippen LogP contribution in [0.1, 0.15) is 41.3 Å². The molecular formula is C22H21F4N4O+. The highest BCUT2D eigenvalue weighted by atomic mass is 19.4. The normalized spacial score (nSPS) is 16.6. The largest absolute Gasteiger partial charge is 0.416 e. The van der Waals surface area contributed by atoms with Crippen molar-refractivity contribution in [2.75, 3.05) is 11.4 Å². The molecule has 0 unspecified atom stereocenters. The Labute approximate surface area is 176 Å². The van der Waals surface area contributed by atoms with E-state index in [2.05, 4.69) is 9.97 Å². The van der Waals surface area contributed by atoms with Crippen LogP contribution in [0.2, 0.25) is 0 Å². The Bertz CT molecular complexity index is 1060. The number of pyridine rings is 1. The SMILES string of the molecule is O[n+]1cccc(CCc2ncnc(N3CCC[C@@H]3c3ccc(C(F)(F)F)cc3)c2F)c1. The van der Waals surface area contributed by atoms with E-state index in [4.69, 9.17) is 0 Å². The Hall–Kier alpha value is -3.23. The Balaban J connectivity index is 1.55. The van der Waals surface area contributed by atoms with Crippen molar-refractivity contribution < 1.29 is 27.5 Å². The molecule has 0 amide bonds. The van der Waals surface area contributed by atoms with Gasteiger partial charge < -0.3 is 4.90 Å². The molecule has 1 aliphatic rings. The number of alkyl halides is 3. The summed E-state index contributed by atoms with van der Waals surface area (Å²) in [5, 5.41) is 9.50. The van der Waals surface area contributed by atoms with Crippen molar-refractivity contribution >= 4 is 5.82 Å². The van der Waals surface area contributed by atoms with Crippen LogP contribution in [0.15, 0.2) is 55.1 Å². The molecule has 0 bridgehead atoms. The van der Waals surface area contributed by atoms with Gasteiger partial charge in [-0.2, -0.15) is 13.2 Å². The highest BCUT2D eigenvalue weighted by molar-refractivity contribution is 5.46. The monoisotopic (exact) mass is 433 g/mol. The van der Waals surface area contributed by atoms with E-state index in [-0.39, 0.29) is 17.6 Å². The van der Waals surface area contributed by atoms with Crippen LogP contribution in [-0.2, 0) is 19.0 Å². The standard InChI is InChI=1S/C22H21F4N4O/c23-20-18(10-5-15-3-1-11-29(31)13-15)27-14-28-21(20)30-12-2-4-19(30)16-6-8-17(9-7-16)22(24,25)26/h1,3,6-9,11,13-14,19,31H,2,4-5,10,12H2/q+1/t19-/m1/s1. The fourth-order valence-corrected chi connectivity index (χ4v) is 3.95. The van der Waals surface area contributed by atoms with Crippen LogP contribution in [0.25, 0.3) is 0 Å². The predicted octanol–water partition coefficient (Wildman–Crippen LogP) is 4.29. The lowest BCUT2D eigenvalue weighted by Gasteiger charge is -2.27. The second-order valence-electron chi connectivity index (χ2n) is 7.52. The Morgan fingerprint density at radius 1 is 1.10 bits per heavy atom. The van der Waals surface area contributed by atoms with Gasteiger partial charge in [0.1, 0.15) is 6.33 Å². The van der Waals surface area contributed by atoms with Gasteiger partial charge >= 0.3 is 6.18 Å². The molecule has 1 atom stereocenters. The lowest BCUT2D eigenvalue weighted by atomic mass is 10.0. The summed E-state index contributed by atoms with van der Waals surface area (Å²) in [5.41, 5.74) is 1.08. The second-order valence-corrected chi connectivity index (χ2v) is 7.52. The summed E-state index contributed by atoms with van der Waals surface area (Å²) in [6.07, 6.45) is 2.24. The Morgan fingerprint density at radius 2 is 1.87 bits per heavy atom. The highest BCUT2D eigenvalue weighted by Crippen LogP contribution is 2.38. The number of hydrogen-bond acceptors (Lipinski definition) is 4. The van der Waals surface area contributed by atoms with E-state index in [0.717, 1.165) is 28.8 Å². The first-order valence-corrected chi connectivity index (χ1v) is 9.95. The van der Waals surface area contributed by atoms with Gasteiger partial charge in [0.25, 0.3) is 0 Å². The van der Waals surface area contributed by atoms with Gasteiger partial charge in [-0.15, -0.1) is 0 Å². The summed E-state index contributed by atoms with van der Waals surface area (Å²) in [6.45, 7) is 0.558. The van der Waals surface area contributed by atoms with Gasteiger partial charge in [-0.05, 0) is 49.4 Å². The maximum absolute atomic E-state index is 15.2. The third kappa shape index (κ3) is 4.60. The minimum absolute atomic E-state index is 0.165. The number of hydrogen-bond donors (Lipinski definition) is 1. The third-order valence-electron chi connectivity index (χ3n) is 5.49. The third-order valence-corrected chi connectivity index (χ3v) is 5.49. The number of anilines is 1. The summed E-state index contributed by atoms with van der Waals surface area (Å²) in [7, 11) is 0. The molecule has 5 nitrogen and oxygen atoms in total. The van der Waals surface area contributed by atoms with Crippen LogP contribution >= 0.6 is 0 Å². The summed E-state index contributed by atoms with van der Waals surface area (Å²) in [5.74, 6) is -0.355. The smallest absolute Gasteiger partial charge is 0.347 e. The molecule has 162 valence electrons. The van der Waals surface area contributed by atoms with Crippen LogP contribution in [0.5, 0.6) is 0 Å². The summed E-state index contributed by atoms with van der Waals surface area (Å²) < 4.78 is 54.8. The maximum atomic E-state index is 15.2. The molecule has 1 fully saturated rings. The fourth-order valence-electron chi connectivity index (χ4n) is 3.95. The molecule has 1 saturated heterocycles. The van der Waals surface area contributed by atoms with Gasteiger partial charge in [0, 0.05) is 22.9 Å². The van der Waals surface area contributed by atoms with E-state index >= 15 is 4.39 Å². The number of halogens is 4. The van der Waals surface area contributed by atoms with Gasteiger partial charge in [0.15, 0.2) is 11.6 Å². The highest BCUT2D eigenvalue weighted by Gasteiger charge is 2.33. The van der Waals surface area contributed by atoms with E-state index in [1.807, 2.05) is 6.07 Å². The molecule has 4 rings (SSSR count). The second kappa shape index (κ2) is 8.49. The molecule has 9 heteroatoms. The Morgan fingerprint density at radius 3 is 2.58 bits per heavy atom. The molecule has 2 aromatic heterocycles. The van der Waals surface area contributed by atoms with E-state index in [1.165, 1.54) is 24.7 Å². The summed E-state index contributed by atoms with van der Waals surface area (Å²) in [6, 6.07) is 8.28. The van der Waals surface area contributed by atoms with Crippen molar-refractivity contribution in [3.63, 3.8) is 0 Å². The zero-order valence-electron chi connectivity index (χ0n) is 16.6. The average molecular weight is 433 g/mol. The van der Waals surface area contributed by atoms with Crippen molar-refractivity contribution in [2.45, 2.75) is 37.9 Å². The van der Waals surface area contributed by atoms with Crippen molar-refractivity contribution in [1.29, 1.82) is 0 Å². The number of aromatic nitrogens is 3. The van der Waals surface area contributed by atoms with Gasteiger partial charge in [0.05, 0.1) is 17.3 Å². The van der Waals surface area contributed by atoms with Gasteiger partial charge in [-0.1, -0.05) is 12.1 Å². The number of aryl methyl sites for hydroxylation is 2. The number of nitrogens with zero attached hydrogens (tertiary/aromatic N) is 4. The lowest BCUT2D eigenvalue weighted by molar-refractivity contribution is -0.905. The van der Waals surface area contributed by atoms with Crippen LogP contribution in [-0.4, -0.2) is 21.7 Å². The fraction of sp³-hybridized carbons (Fsp3) is 0.318. The zero-order chi connectivity index (χ0) is 22.0. The first-order chi connectivity index (χ1) is 14.8. The predicted molar refractivity (Wildman–Crippen MR) is 104 cm³/mol. The minimum Gasteiger partial charge on any atom is -0.347 e. The van der Waals surface area contributed by atoms with Crippen LogP contribution in [0, 0.1) is 5.82 Å². The summed E-state index contributed by atoms with van der Waals surface area (Å²) >= 11 is 0. The molecule has 0 radical (unpaired) electrons. The van der Waals surface area contributed by atoms with Crippen molar-refractivity contribution in [3.05, 3.63) is 83.3 Å². The molecule has 0 spiro atoms. The minimum atomic E-state index is -4.39.